The number of rotatable bonds is 5. The van der Waals surface area contributed by atoms with Crippen molar-refractivity contribution in [1.29, 1.82) is 0 Å². The van der Waals surface area contributed by atoms with Crippen molar-refractivity contribution in [3.05, 3.63) is 52.8 Å². The van der Waals surface area contributed by atoms with Gasteiger partial charge in [-0.25, -0.2) is 4.98 Å². The van der Waals surface area contributed by atoms with Gasteiger partial charge in [0.1, 0.15) is 24.0 Å². The second-order valence-electron chi connectivity index (χ2n) is 4.58. The molecule has 3 aromatic rings. The van der Waals surface area contributed by atoms with Gasteiger partial charge < -0.3 is 9.13 Å². The molecule has 0 aliphatic carbocycles. The van der Waals surface area contributed by atoms with Gasteiger partial charge in [0.05, 0.1) is 6.54 Å². The molecule has 0 saturated heterocycles. The van der Waals surface area contributed by atoms with E-state index in [0.717, 1.165) is 11.6 Å². The molecule has 6 nitrogen and oxygen atoms in total. The highest BCUT2D eigenvalue weighted by molar-refractivity contribution is 7.10. The van der Waals surface area contributed by atoms with Crippen LogP contribution in [0.15, 0.2) is 36.2 Å². The molecule has 0 aliphatic heterocycles. The van der Waals surface area contributed by atoms with E-state index in [9.17, 15) is 0 Å². The van der Waals surface area contributed by atoms with Crippen molar-refractivity contribution >= 4 is 11.3 Å². The minimum absolute atomic E-state index is 0.0618. The molecule has 0 fully saturated rings. The summed E-state index contributed by atoms with van der Waals surface area (Å²) in [5.74, 6) is 1.90. The van der Waals surface area contributed by atoms with Gasteiger partial charge in [-0.05, 0) is 11.4 Å². The summed E-state index contributed by atoms with van der Waals surface area (Å²) >= 11 is 1.72. The Balaban J connectivity index is 1.84. The third-order valence-electron chi connectivity index (χ3n) is 3.21. The molecule has 0 saturated carbocycles. The van der Waals surface area contributed by atoms with Crippen molar-refractivity contribution in [1.82, 2.24) is 29.6 Å². The van der Waals surface area contributed by atoms with E-state index in [1.54, 1.807) is 17.7 Å². The van der Waals surface area contributed by atoms with Crippen LogP contribution in [-0.2, 0) is 20.6 Å². The number of nitrogens with one attached hydrogen (secondary N) is 1. The molecule has 0 amide bonds. The van der Waals surface area contributed by atoms with Gasteiger partial charge in [-0.1, -0.05) is 6.07 Å². The first-order valence-corrected chi connectivity index (χ1v) is 7.20. The van der Waals surface area contributed by atoms with Gasteiger partial charge in [0.25, 0.3) is 0 Å². The Hall–Kier alpha value is -1.99. The van der Waals surface area contributed by atoms with Gasteiger partial charge in [-0.3, -0.25) is 5.32 Å². The van der Waals surface area contributed by atoms with Crippen LogP contribution in [0.2, 0.25) is 0 Å². The summed E-state index contributed by atoms with van der Waals surface area (Å²) in [6.07, 6.45) is 5.48. The average Bonchev–Trinajstić information content (AvgIpc) is 3.15. The van der Waals surface area contributed by atoms with Crippen LogP contribution in [0, 0.1) is 0 Å². The van der Waals surface area contributed by atoms with Crippen molar-refractivity contribution in [2.24, 2.45) is 14.1 Å². The molecule has 0 aliphatic rings. The monoisotopic (exact) mass is 288 g/mol. The van der Waals surface area contributed by atoms with Gasteiger partial charge >= 0.3 is 0 Å². The number of aryl methyl sites for hydroxylation is 2. The highest BCUT2D eigenvalue weighted by Crippen LogP contribution is 2.24. The Labute approximate surface area is 121 Å². The SMILES string of the molecule is Cn1cnnc1CNC(c1cccs1)c1nccn1C. The van der Waals surface area contributed by atoms with E-state index in [0.29, 0.717) is 6.54 Å². The van der Waals surface area contributed by atoms with Crippen LogP contribution in [0.3, 0.4) is 0 Å². The molecule has 0 radical (unpaired) electrons. The molecule has 3 rings (SSSR count). The van der Waals surface area contributed by atoms with Crippen LogP contribution >= 0.6 is 11.3 Å². The van der Waals surface area contributed by atoms with Gasteiger partial charge in [0.2, 0.25) is 0 Å². The zero-order valence-corrected chi connectivity index (χ0v) is 12.2. The molecule has 0 bridgehead atoms. The van der Waals surface area contributed by atoms with E-state index in [1.807, 2.05) is 35.6 Å². The predicted octanol–water partition coefficient (Wildman–Crippen LogP) is 1.49. The number of hydrogen-bond acceptors (Lipinski definition) is 5. The fourth-order valence-corrected chi connectivity index (χ4v) is 2.89. The van der Waals surface area contributed by atoms with E-state index >= 15 is 0 Å². The fourth-order valence-electron chi connectivity index (χ4n) is 2.09. The van der Waals surface area contributed by atoms with Crippen molar-refractivity contribution in [3.63, 3.8) is 0 Å². The maximum atomic E-state index is 4.46. The number of thiophene rings is 1. The zero-order valence-electron chi connectivity index (χ0n) is 11.4. The molecule has 3 aromatic heterocycles. The molecule has 3 heterocycles. The summed E-state index contributed by atoms with van der Waals surface area (Å²) in [6, 6.07) is 4.24. The lowest BCUT2D eigenvalue weighted by atomic mass is 10.2. The summed E-state index contributed by atoms with van der Waals surface area (Å²) in [5, 5.41) is 13.6. The summed E-state index contributed by atoms with van der Waals surface area (Å²) in [5.41, 5.74) is 0. The molecule has 20 heavy (non-hydrogen) atoms. The summed E-state index contributed by atoms with van der Waals surface area (Å²) in [6.45, 7) is 0.645. The molecule has 0 aromatic carbocycles. The summed E-state index contributed by atoms with van der Waals surface area (Å²) < 4.78 is 3.95. The Bertz CT molecular complexity index is 669. The number of imidazole rings is 1. The lowest BCUT2D eigenvalue weighted by molar-refractivity contribution is 0.543. The summed E-state index contributed by atoms with van der Waals surface area (Å²) in [7, 11) is 3.95. The zero-order chi connectivity index (χ0) is 13.9. The number of nitrogens with zero attached hydrogens (tertiary/aromatic N) is 5. The van der Waals surface area contributed by atoms with Crippen LogP contribution in [-0.4, -0.2) is 24.3 Å². The van der Waals surface area contributed by atoms with Crippen molar-refractivity contribution in [3.8, 4) is 0 Å². The van der Waals surface area contributed by atoms with Gasteiger partial charge in [-0.15, -0.1) is 21.5 Å². The van der Waals surface area contributed by atoms with Crippen LogP contribution in [0.4, 0.5) is 0 Å². The van der Waals surface area contributed by atoms with Crippen molar-refractivity contribution < 1.29 is 0 Å². The largest absolute Gasteiger partial charge is 0.336 e. The number of aromatic nitrogens is 5. The molecule has 0 spiro atoms. The van der Waals surface area contributed by atoms with Crippen molar-refractivity contribution in [2.45, 2.75) is 12.6 Å². The lowest BCUT2D eigenvalue weighted by Gasteiger charge is -2.17. The standard InChI is InChI=1S/C13H16N6S/c1-18-6-5-14-13(18)12(10-4-3-7-20-10)15-8-11-17-16-9-19(11)2/h3-7,9,12,15H,8H2,1-2H3. The Morgan fingerprint density at radius 2 is 2.25 bits per heavy atom. The average molecular weight is 288 g/mol. The van der Waals surface area contributed by atoms with Crippen LogP contribution in [0.25, 0.3) is 0 Å². The molecule has 7 heteroatoms. The van der Waals surface area contributed by atoms with E-state index in [-0.39, 0.29) is 6.04 Å². The molecular formula is C13H16N6S. The number of hydrogen-bond donors (Lipinski definition) is 1. The lowest BCUT2D eigenvalue weighted by Crippen LogP contribution is -2.25. The van der Waals surface area contributed by atoms with E-state index in [4.69, 9.17) is 0 Å². The molecule has 104 valence electrons. The van der Waals surface area contributed by atoms with Gasteiger partial charge in [0.15, 0.2) is 0 Å². The second kappa shape index (κ2) is 5.56. The Kier molecular flexibility index (Phi) is 3.62. The van der Waals surface area contributed by atoms with Crippen LogP contribution < -0.4 is 5.32 Å². The highest BCUT2D eigenvalue weighted by Gasteiger charge is 2.19. The molecular weight excluding hydrogens is 272 g/mol. The Morgan fingerprint density at radius 3 is 2.85 bits per heavy atom. The van der Waals surface area contributed by atoms with Crippen LogP contribution in [0.1, 0.15) is 22.6 Å². The van der Waals surface area contributed by atoms with Crippen LogP contribution in [0.5, 0.6) is 0 Å². The predicted molar refractivity (Wildman–Crippen MR) is 77.2 cm³/mol. The summed E-state index contributed by atoms with van der Waals surface area (Å²) in [4.78, 5) is 5.70. The third-order valence-corrected chi connectivity index (χ3v) is 4.15. The fraction of sp³-hybridized carbons (Fsp3) is 0.308. The minimum atomic E-state index is 0.0618. The maximum absolute atomic E-state index is 4.46. The molecule has 1 N–H and O–H groups in total. The van der Waals surface area contributed by atoms with Gasteiger partial charge in [-0.2, -0.15) is 0 Å². The normalized spacial score (nSPS) is 12.7. The quantitative estimate of drug-likeness (QED) is 0.772. The maximum Gasteiger partial charge on any atom is 0.146 e. The highest BCUT2D eigenvalue weighted by atomic mass is 32.1. The first-order chi connectivity index (χ1) is 9.75. The smallest absolute Gasteiger partial charge is 0.146 e. The second-order valence-corrected chi connectivity index (χ2v) is 5.56. The molecule has 1 unspecified atom stereocenters. The van der Waals surface area contributed by atoms with E-state index in [2.05, 4.69) is 38.0 Å². The van der Waals surface area contributed by atoms with Gasteiger partial charge in [0, 0.05) is 31.4 Å². The van der Waals surface area contributed by atoms with E-state index in [1.165, 1.54) is 4.88 Å². The third kappa shape index (κ3) is 2.50. The Morgan fingerprint density at radius 1 is 1.35 bits per heavy atom. The first kappa shape index (κ1) is 13.0. The van der Waals surface area contributed by atoms with Crippen molar-refractivity contribution in [2.75, 3.05) is 0 Å². The molecule has 1 atom stereocenters. The topological polar surface area (TPSA) is 60.6 Å². The minimum Gasteiger partial charge on any atom is -0.336 e. The first-order valence-electron chi connectivity index (χ1n) is 6.32. The van der Waals surface area contributed by atoms with E-state index < -0.39 is 0 Å².